The summed E-state index contributed by atoms with van der Waals surface area (Å²) in [6, 6.07) is 5.06. The summed E-state index contributed by atoms with van der Waals surface area (Å²) >= 11 is 0. The fourth-order valence-corrected chi connectivity index (χ4v) is 2.86. The smallest absolute Gasteiger partial charge is 0.339 e. The summed E-state index contributed by atoms with van der Waals surface area (Å²) in [4.78, 5) is 34.2. The van der Waals surface area contributed by atoms with Crippen molar-refractivity contribution in [3.05, 3.63) is 39.7 Å². The fourth-order valence-electron chi connectivity index (χ4n) is 2.86. The molecule has 146 valence electrons. The van der Waals surface area contributed by atoms with Gasteiger partial charge in [0, 0.05) is 17.0 Å². The summed E-state index contributed by atoms with van der Waals surface area (Å²) < 4.78 is 10.8. The number of carboxylic acid groups (broad SMARTS) is 1. The zero-order chi connectivity index (χ0) is 19.8. The normalized spacial score (nSPS) is 10.7. The summed E-state index contributed by atoms with van der Waals surface area (Å²) in [6.45, 7) is 3.27. The number of benzene rings is 1. The van der Waals surface area contributed by atoms with Gasteiger partial charge in [0.25, 0.3) is 5.91 Å². The summed E-state index contributed by atoms with van der Waals surface area (Å²) in [5.41, 5.74) is 1.68. The Morgan fingerprint density at radius 2 is 2.00 bits per heavy atom. The lowest BCUT2D eigenvalue weighted by Crippen LogP contribution is -2.33. The molecule has 1 aromatic carbocycles. The Hall–Kier alpha value is -2.83. The van der Waals surface area contributed by atoms with Crippen LogP contribution in [0.1, 0.15) is 43.7 Å². The van der Waals surface area contributed by atoms with Gasteiger partial charge >= 0.3 is 11.6 Å². The largest absolute Gasteiger partial charge is 0.484 e. The quantitative estimate of drug-likeness (QED) is 0.489. The molecule has 0 aliphatic rings. The van der Waals surface area contributed by atoms with Gasteiger partial charge in [-0.3, -0.25) is 9.59 Å². The van der Waals surface area contributed by atoms with Crippen LogP contribution in [0, 0.1) is 6.92 Å². The molecule has 2 rings (SSSR count). The SMILES string of the molecule is CCCCCCc1c(C)c2ccc(OCC(=O)NCC(=O)O)cc2oc1=O. The summed E-state index contributed by atoms with van der Waals surface area (Å²) in [6.07, 6.45) is 5.04. The van der Waals surface area contributed by atoms with Gasteiger partial charge in [0.15, 0.2) is 6.61 Å². The lowest BCUT2D eigenvalue weighted by molar-refractivity contribution is -0.138. The molecule has 27 heavy (non-hydrogen) atoms. The van der Waals surface area contributed by atoms with E-state index in [1.807, 2.05) is 6.92 Å². The maximum atomic E-state index is 12.3. The van der Waals surface area contributed by atoms with Crippen LogP contribution in [-0.2, 0) is 16.0 Å². The van der Waals surface area contributed by atoms with Crippen LogP contribution >= 0.6 is 0 Å². The zero-order valence-electron chi connectivity index (χ0n) is 15.7. The standard InChI is InChI=1S/C20H25NO6/c1-3-4-5-6-7-16-13(2)15-9-8-14(10-17(15)27-20(16)25)26-12-18(22)21-11-19(23)24/h8-10H,3-7,11-12H2,1-2H3,(H,21,22)(H,23,24). The fraction of sp³-hybridized carbons (Fsp3) is 0.450. The van der Waals surface area contributed by atoms with Crippen molar-refractivity contribution in [3.63, 3.8) is 0 Å². The van der Waals surface area contributed by atoms with Gasteiger partial charge < -0.3 is 19.6 Å². The number of carboxylic acids is 1. The molecule has 7 heteroatoms. The molecule has 0 unspecified atom stereocenters. The lowest BCUT2D eigenvalue weighted by atomic mass is 10.0. The average Bonchev–Trinajstić information content (AvgIpc) is 2.63. The van der Waals surface area contributed by atoms with E-state index < -0.39 is 18.4 Å². The van der Waals surface area contributed by atoms with Crippen molar-refractivity contribution >= 4 is 22.8 Å². The highest BCUT2D eigenvalue weighted by Crippen LogP contribution is 2.25. The summed E-state index contributed by atoms with van der Waals surface area (Å²) in [7, 11) is 0. The number of hydrogen-bond donors (Lipinski definition) is 2. The number of fused-ring (bicyclic) bond motifs is 1. The van der Waals surface area contributed by atoms with Crippen LogP contribution in [0.3, 0.4) is 0 Å². The molecule has 1 heterocycles. The van der Waals surface area contributed by atoms with E-state index in [0.29, 0.717) is 23.3 Å². The molecular weight excluding hydrogens is 350 g/mol. The molecular formula is C20H25NO6. The van der Waals surface area contributed by atoms with E-state index in [0.717, 1.165) is 36.6 Å². The van der Waals surface area contributed by atoms with Crippen LogP contribution in [-0.4, -0.2) is 30.1 Å². The van der Waals surface area contributed by atoms with E-state index in [-0.39, 0.29) is 12.2 Å². The van der Waals surface area contributed by atoms with E-state index in [1.165, 1.54) is 0 Å². The third-order valence-electron chi connectivity index (χ3n) is 4.35. The van der Waals surface area contributed by atoms with E-state index in [4.69, 9.17) is 14.3 Å². The van der Waals surface area contributed by atoms with Gasteiger partial charge in [-0.1, -0.05) is 26.2 Å². The minimum atomic E-state index is -1.13. The van der Waals surface area contributed by atoms with Crippen molar-refractivity contribution in [2.24, 2.45) is 0 Å². The first-order valence-electron chi connectivity index (χ1n) is 9.10. The predicted molar refractivity (Wildman–Crippen MR) is 101 cm³/mol. The second-order valence-electron chi connectivity index (χ2n) is 6.42. The number of hydrogen-bond acceptors (Lipinski definition) is 5. The van der Waals surface area contributed by atoms with Gasteiger partial charge in [0.1, 0.15) is 17.9 Å². The molecule has 1 aromatic heterocycles. The van der Waals surface area contributed by atoms with Gasteiger partial charge in [0.2, 0.25) is 0 Å². The van der Waals surface area contributed by atoms with Gasteiger partial charge in [-0.2, -0.15) is 0 Å². The molecule has 2 N–H and O–H groups in total. The van der Waals surface area contributed by atoms with E-state index in [1.54, 1.807) is 18.2 Å². The minimum Gasteiger partial charge on any atom is -0.484 e. The number of ether oxygens (including phenoxy) is 1. The molecule has 7 nitrogen and oxygen atoms in total. The van der Waals surface area contributed by atoms with Gasteiger partial charge in [-0.05, 0) is 37.5 Å². The maximum absolute atomic E-state index is 12.3. The van der Waals surface area contributed by atoms with Crippen LogP contribution in [0.5, 0.6) is 5.75 Å². The Balaban J connectivity index is 2.10. The van der Waals surface area contributed by atoms with Crippen LogP contribution in [0.2, 0.25) is 0 Å². The van der Waals surface area contributed by atoms with Crippen LogP contribution < -0.4 is 15.7 Å². The Morgan fingerprint density at radius 3 is 2.70 bits per heavy atom. The highest BCUT2D eigenvalue weighted by molar-refractivity contribution is 5.83. The van der Waals surface area contributed by atoms with Crippen molar-refractivity contribution in [3.8, 4) is 5.75 Å². The minimum absolute atomic E-state index is 0.322. The second-order valence-corrected chi connectivity index (χ2v) is 6.42. The predicted octanol–water partition coefficient (Wildman–Crippen LogP) is 2.80. The number of amides is 1. The number of nitrogens with one attached hydrogen (secondary N) is 1. The number of carbonyl (C=O) groups excluding carboxylic acids is 1. The average molecular weight is 375 g/mol. The third-order valence-corrected chi connectivity index (χ3v) is 4.35. The summed E-state index contributed by atoms with van der Waals surface area (Å²) in [5.74, 6) is -1.31. The van der Waals surface area contributed by atoms with E-state index in [9.17, 15) is 14.4 Å². The first-order chi connectivity index (χ1) is 12.9. The molecule has 0 saturated carbocycles. The van der Waals surface area contributed by atoms with Gasteiger partial charge in [-0.15, -0.1) is 0 Å². The number of unbranched alkanes of at least 4 members (excludes halogenated alkanes) is 3. The zero-order valence-corrected chi connectivity index (χ0v) is 15.7. The van der Waals surface area contributed by atoms with Crippen molar-refractivity contribution in [1.29, 1.82) is 0 Å². The lowest BCUT2D eigenvalue weighted by Gasteiger charge is -2.10. The second kappa shape index (κ2) is 9.75. The highest BCUT2D eigenvalue weighted by Gasteiger charge is 2.12. The number of aliphatic carboxylic acids is 1. The van der Waals surface area contributed by atoms with Crippen LogP contribution in [0.4, 0.5) is 0 Å². The Bertz CT molecular complexity index is 871. The maximum Gasteiger partial charge on any atom is 0.339 e. The van der Waals surface area contributed by atoms with E-state index in [2.05, 4.69) is 12.2 Å². The first-order valence-corrected chi connectivity index (χ1v) is 9.10. The molecule has 0 atom stereocenters. The topological polar surface area (TPSA) is 106 Å². The van der Waals surface area contributed by atoms with Crippen molar-refractivity contribution < 1.29 is 23.8 Å². The van der Waals surface area contributed by atoms with Crippen LogP contribution in [0.15, 0.2) is 27.4 Å². The molecule has 0 aliphatic heterocycles. The third kappa shape index (κ3) is 5.84. The van der Waals surface area contributed by atoms with E-state index >= 15 is 0 Å². The Morgan fingerprint density at radius 1 is 1.22 bits per heavy atom. The summed E-state index contributed by atoms with van der Waals surface area (Å²) in [5, 5.41) is 11.6. The molecule has 0 aliphatic carbocycles. The Kier molecular flexibility index (Phi) is 7.40. The molecule has 0 fully saturated rings. The molecule has 0 saturated heterocycles. The number of aryl methyl sites for hydroxylation is 1. The molecule has 1 amide bonds. The molecule has 2 aromatic rings. The molecule has 0 radical (unpaired) electrons. The van der Waals surface area contributed by atoms with Gasteiger partial charge in [0.05, 0.1) is 0 Å². The van der Waals surface area contributed by atoms with Gasteiger partial charge in [-0.25, -0.2) is 4.79 Å². The highest BCUT2D eigenvalue weighted by atomic mass is 16.5. The van der Waals surface area contributed by atoms with Crippen LogP contribution in [0.25, 0.3) is 11.0 Å². The number of rotatable bonds is 10. The van der Waals surface area contributed by atoms with Crippen molar-refractivity contribution in [2.45, 2.75) is 46.0 Å². The molecule has 0 spiro atoms. The monoisotopic (exact) mass is 375 g/mol. The Labute approximate surface area is 157 Å². The molecule has 0 bridgehead atoms. The number of carbonyl (C=O) groups is 2. The van der Waals surface area contributed by atoms with Crippen molar-refractivity contribution in [1.82, 2.24) is 5.32 Å². The van der Waals surface area contributed by atoms with Crippen molar-refractivity contribution in [2.75, 3.05) is 13.2 Å². The first kappa shape index (κ1) is 20.5.